The van der Waals surface area contributed by atoms with Crippen LogP contribution in [0, 0.1) is 0 Å². The predicted molar refractivity (Wildman–Crippen MR) is 287 cm³/mol. The lowest BCUT2D eigenvalue weighted by molar-refractivity contribution is 1.28. The summed E-state index contributed by atoms with van der Waals surface area (Å²) in [4.78, 5) is 4.89. The SMILES string of the molecule is c1ccc(-c2ccccc2N(c2ccc(-c3ccc4c(c3)N(c3ccccc3)c3ccccc3[Si]4(c3ccccc3)c3ccccc3)cc2)c2ccc(-c3cccc4ccccc34)cc2)cc1. The smallest absolute Gasteiger partial charge is 0.184 e. The number of hydrogen-bond donors (Lipinski definition) is 0. The van der Waals surface area contributed by atoms with Gasteiger partial charge in [-0.15, -0.1) is 0 Å². The van der Waals surface area contributed by atoms with Gasteiger partial charge >= 0.3 is 0 Å². The van der Waals surface area contributed by atoms with Gasteiger partial charge in [0.2, 0.25) is 0 Å². The molecule has 1 aliphatic heterocycles. The summed E-state index contributed by atoms with van der Waals surface area (Å²) in [6.07, 6.45) is 0. The number of benzene rings is 11. The number of hydrogen-bond acceptors (Lipinski definition) is 2. The molecule has 2 nitrogen and oxygen atoms in total. The lowest BCUT2D eigenvalue weighted by atomic mass is 9.97. The zero-order valence-corrected chi connectivity index (χ0v) is 38.0. The van der Waals surface area contributed by atoms with Crippen LogP contribution in [0.25, 0.3) is 44.2 Å². The molecule has 0 atom stereocenters. The largest absolute Gasteiger partial charge is 0.311 e. The maximum absolute atomic E-state index is 2.80. The van der Waals surface area contributed by atoms with E-state index in [1.807, 2.05) is 0 Å². The first-order valence-corrected chi connectivity index (χ1v) is 25.1. The van der Waals surface area contributed by atoms with Gasteiger partial charge in [-0.25, -0.2) is 0 Å². The number of anilines is 6. The van der Waals surface area contributed by atoms with Crippen molar-refractivity contribution in [2.45, 2.75) is 0 Å². The first-order chi connectivity index (χ1) is 33.3. The van der Waals surface area contributed by atoms with Crippen molar-refractivity contribution >= 4 is 73.7 Å². The van der Waals surface area contributed by atoms with E-state index in [9.17, 15) is 0 Å². The van der Waals surface area contributed by atoms with Crippen LogP contribution in [0.5, 0.6) is 0 Å². The van der Waals surface area contributed by atoms with E-state index in [1.54, 1.807) is 0 Å². The summed E-state index contributed by atoms with van der Waals surface area (Å²) in [7, 11) is -2.80. The van der Waals surface area contributed by atoms with Crippen LogP contribution in [0.4, 0.5) is 34.1 Å². The Morgan fingerprint density at radius 2 is 0.806 bits per heavy atom. The number of para-hydroxylation sites is 3. The highest BCUT2D eigenvalue weighted by atomic mass is 28.3. The maximum atomic E-state index is 2.49. The van der Waals surface area contributed by atoms with Gasteiger partial charge in [0, 0.05) is 34.0 Å². The Labute approximate surface area is 394 Å². The molecular weight excluding hydrogens is 825 g/mol. The summed E-state index contributed by atoms with van der Waals surface area (Å²) < 4.78 is 0. The molecule has 1 heterocycles. The van der Waals surface area contributed by atoms with Crippen molar-refractivity contribution in [2.24, 2.45) is 0 Å². The highest BCUT2D eigenvalue weighted by Gasteiger charge is 2.48. The third kappa shape index (κ3) is 6.96. The Morgan fingerprint density at radius 1 is 0.313 bits per heavy atom. The van der Waals surface area contributed by atoms with E-state index in [0.717, 1.165) is 28.3 Å². The molecule has 11 aromatic carbocycles. The van der Waals surface area contributed by atoms with Gasteiger partial charge in [0.05, 0.1) is 5.69 Å². The Morgan fingerprint density at radius 3 is 1.51 bits per heavy atom. The molecular formula is C64H46N2Si. The van der Waals surface area contributed by atoms with Crippen molar-refractivity contribution < 1.29 is 0 Å². The molecule has 0 radical (unpaired) electrons. The van der Waals surface area contributed by atoms with Gasteiger partial charge in [-0.1, -0.05) is 224 Å². The fourth-order valence-electron chi connectivity index (χ4n) is 10.5. The summed E-state index contributed by atoms with van der Waals surface area (Å²) in [6, 6.07) is 103. The summed E-state index contributed by atoms with van der Waals surface area (Å²) in [6.45, 7) is 0. The fourth-order valence-corrected chi connectivity index (χ4v) is 15.6. The van der Waals surface area contributed by atoms with Gasteiger partial charge in [0.25, 0.3) is 0 Å². The van der Waals surface area contributed by atoms with E-state index in [1.165, 1.54) is 70.7 Å². The van der Waals surface area contributed by atoms with Crippen LogP contribution >= 0.6 is 0 Å². The molecule has 11 aromatic rings. The zero-order valence-electron chi connectivity index (χ0n) is 37.0. The van der Waals surface area contributed by atoms with Crippen LogP contribution in [-0.4, -0.2) is 8.07 Å². The third-order valence-corrected chi connectivity index (χ3v) is 18.4. The maximum Gasteiger partial charge on any atom is 0.184 e. The normalized spacial score (nSPS) is 12.6. The minimum Gasteiger partial charge on any atom is -0.311 e. The van der Waals surface area contributed by atoms with Crippen LogP contribution in [0.3, 0.4) is 0 Å². The minimum absolute atomic E-state index is 1.09. The molecule has 0 spiro atoms. The molecule has 0 aromatic heterocycles. The molecule has 0 saturated heterocycles. The molecule has 0 unspecified atom stereocenters. The Bertz CT molecular complexity index is 3460. The Hall–Kier alpha value is -8.50. The second-order valence-corrected chi connectivity index (χ2v) is 21.0. The minimum atomic E-state index is -2.80. The molecule has 3 heteroatoms. The number of rotatable bonds is 9. The van der Waals surface area contributed by atoms with Gasteiger partial charge < -0.3 is 9.80 Å². The van der Waals surface area contributed by atoms with Crippen LogP contribution < -0.4 is 30.5 Å². The van der Waals surface area contributed by atoms with Crippen molar-refractivity contribution in [1.29, 1.82) is 0 Å². The van der Waals surface area contributed by atoms with Crippen LogP contribution in [0.2, 0.25) is 0 Å². The highest BCUT2D eigenvalue weighted by molar-refractivity contribution is 7.21. The van der Waals surface area contributed by atoms with Crippen molar-refractivity contribution in [3.8, 4) is 33.4 Å². The van der Waals surface area contributed by atoms with Crippen LogP contribution in [0.1, 0.15) is 0 Å². The molecule has 0 aliphatic carbocycles. The van der Waals surface area contributed by atoms with E-state index in [4.69, 9.17) is 0 Å². The molecule has 0 fully saturated rings. The van der Waals surface area contributed by atoms with E-state index >= 15 is 0 Å². The Balaban J connectivity index is 1.01. The van der Waals surface area contributed by atoms with E-state index in [-0.39, 0.29) is 0 Å². The molecule has 0 bridgehead atoms. The quantitative estimate of drug-likeness (QED) is 0.133. The van der Waals surface area contributed by atoms with Gasteiger partial charge in [-0.05, 0) is 114 Å². The molecule has 316 valence electrons. The lowest BCUT2D eigenvalue weighted by Crippen LogP contribution is -2.77. The van der Waals surface area contributed by atoms with Crippen LogP contribution in [0.15, 0.2) is 279 Å². The average Bonchev–Trinajstić information content (AvgIpc) is 3.41. The molecule has 0 saturated carbocycles. The van der Waals surface area contributed by atoms with E-state index in [2.05, 4.69) is 289 Å². The molecule has 12 rings (SSSR count). The third-order valence-electron chi connectivity index (χ3n) is 13.5. The molecule has 67 heavy (non-hydrogen) atoms. The van der Waals surface area contributed by atoms with Gasteiger partial charge in [0.1, 0.15) is 0 Å². The van der Waals surface area contributed by atoms with E-state index < -0.39 is 8.07 Å². The van der Waals surface area contributed by atoms with Crippen molar-refractivity contribution in [3.05, 3.63) is 279 Å². The monoisotopic (exact) mass is 870 g/mol. The average molecular weight is 871 g/mol. The number of fused-ring (bicyclic) bond motifs is 3. The molecule has 1 aliphatic rings. The van der Waals surface area contributed by atoms with Gasteiger partial charge in [0.15, 0.2) is 8.07 Å². The second kappa shape index (κ2) is 17.1. The second-order valence-electron chi connectivity index (χ2n) is 17.2. The van der Waals surface area contributed by atoms with E-state index in [0.29, 0.717) is 0 Å². The van der Waals surface area contributed by atoms with Crippen LogP contribution in [-0.2, 0) is 0 Å². The fraction of sp³-hybridized carbons (Fsp3) is 0. The zero-order chi connectivity index (χ0) is 44.6. The van der Waals surface area contributed by atoms with Crippen molar-refractivity contribution in [2.75, 3.05) is 9.80 Å². The number of nitrogens with zero attached hydrogens (tertiary/aromatic N) is 2. The summed E-state index contributed by atoms with van der Waals surface area (Å²) in [5, 5.41) is 8.02. The summed E-state index contributed by atoms with van der Waals surface area (Å²) in [5.74, 6) is 0. The summed E-state index contributed by atoms with van der Waals surface area (Å²) >= 11 is 0. The molecule has 0 N–H and O–H groups in total. The highest BCUT2D eigenvalue weighted by Crippen LogP contribution is 2.44. The Kier molecular flexibility index (Phi) is 10.2. The summed E-state index contributed by atoms with van der Waals surface area (Å²) in [5.41, 5.74) is 14.0. The lowest BCUT2D eigenvalue weighted by Gasteiger charge is -2.45. The van der Waals surface area contributed by atoms with Gasteiger partial charge in [-0.3, -0.25) is 0 Å². The van der Waals surface area contributed by atoms with Crippen molar-refractivity contribution in [1.82, 2.24) is 0 Å². The topological polar surface area (TPSA) is 6.48 Å². The predicted octanol–water partition coefficient (Wildman–Crippen LogP) is 14.5. The standard InChI is InChI=1S/C64H46N2Si/c1-5-20-49(21-6-1)59-31-15-16-33-60(59)65(54-43-38-50(39-44-54)58-32-19-23-48-22-13-14-30-57(48)58)53-41-36-47(37-42-53)51-40-45-64-62(46-51)66(52-24-7-2-8-25-52)61-34-17-18-35-63(61)67(64,55-26-9-3-10-27-55)56-28-11-4-12-29-56/h1-46H. The first kappa shape index (κ1) is 40.0. The van der Waals surface area contributed by atoms with Gasteiger partial charge in [-0.2, -0.15) is 0 Å². The first-order valence-electron chi connectivity index (χ1n) is 23.1. The molecule has 0 amide bonds. The van der Waals surface area contributed by atoms with Crippen molar-refractivity contribution in [3.63, 3.8) is 0 Å².